The van der Waals surface area contributed by atoms with Gasteiger partial charge in [-0.1, -0.05) is 12.2 Å². The van der Waals surface area contributed by atoms with E-state index >= 15 is 0 Å². The Morgan fingerprint density at radius 1 is 1.09 bits per heavy atom. The van der Waals surface area contributed by atoms with Crippen LogP contribution < -0.4 is 21.3 Å². The number of carbonyl (C=O) groups excluding carboxylic acids is 1. The van der Waals surface area contributed by atoms with Crippen molar-refractivity contribution in [1.82, 2.24) is 0 Å². The number of carboxylic acids is 1. The normalized spacial score (nSPS) is 20.6. The zero-order chi connectivity index (χ0) is 25.0. The fourth-order valence-corrected chi connectivity index (χ4v) is 5.77. The first-order valence-electron chi connectivity index (χ1n) is 9.97. The van der Waals surface area contributed by atoms with Crippen LogP contribution in [0.25, 0.3) is 5.57 Å². The van der Waals surface area contributed by atoms with E-state index in [4.69, 9.17) is 10.5 Å². The minimum atomic E-state index is -5.24. The summed E-state index contributed by atoms with van der Waals surface area (Å²) in [4.78, 5) is 10.2. The van der Waals surface area contributed by atoms with E-state index < -0.39 is 59.2 Å². The maximum atomic E-state index is 12.1. The van der Waals surface area contributed by atoms with Gasteiger partial charge in [-0.3, -0.25) is 0 Å². The lowest BCUT2D eigenvalue weighted by atomic mass is 9.83. The summed E-state index contributed by atoms with van der Waals surface area (Å²) in [7, 11) is -10.4. The Kier molecular flexibility index (Phi) is 5.78. The molecule has 0 fully saturated rings. The summed E-state index contributed by atoms with van der Waals surface area (Å²) in [5, 5.41) is 12.0. The van der Waals surface area contributed by atoms with Crippen molar-refractivity contribution < 1.29 is 46.3 Å². The van der Waals surface area contributed by atoms with E-state index in [1.807, 2.05) is 0 Å². The second-order valence-corrected chi connectivity index (χ2v) is 10.4. The van der Waals surface area contributed by atoms with Crippen LogP contribution in [-0.4, -0.2) is 38.0 Å². The summed E-state index contributed by atoms with van der Waals surface area (Å²) in [6.07, 6.45) is 7.20. The van der Waals surface area contributed by atoms with Gasteiger partial charge in [-0.15, -0.1) is 0 Å². The van der Waals surface area contributed by atoms with Crippen molar-refractivity contribution in [2.45, 2.75) is 30.2 Å². The Morgan fingerprint density at radius 2 is 1.76 bits per heavy atom. The first kappa shape index (κ1) is 23.9. The molecule has 1 aromatic rings. The molecule has 34 heavy (non-hydrogen) atoms. The minimum Gasteiger partial charge on any atom is -0.744 e. The summed E-state index contributed by atoms with van der Waals surface area (Å²) in [5.74, 6) is -2.66. The largest absolute Gasteiger partial charge is 0.744 e. The molecule has 0 spiro atoms. The smallest absolute Gasteiger partial charge is 0.155 e. The number of aliphatic carboxylic acids is 1. The molecule has 1 unspecified atom stereocenters. The number of hydrogen-bond donors (Lipinski definition) is 2. The zero-order valence-corrected chi connectivity index (χ0v) is 19.1. The molecule has 0 bridgehead atoms. The summed E-state index contributed by atoms with van der Waals surface area (Å²) in [6.45, 7) is 0. The second-order valence-electron chi connectivity index (χ2n) is 7.77. The van der Waals surface area contributed by atoms with Crippen LogP contribution in [0.15, 0.2) is 68.7 Å². The Balaban J connectivity index is 2.21. The number of benzene rings is 1. The van der Waals surface area contributed by atoms with E-state index in [0.29, 0.717) is 19.3 Å². The van der Waals surface area contributed by atoms with Gasteiger partial charge in [0.2, 0.25) is 0 Å². The SMILES string of the molecule is Nc1ccc2c(c1S(=O)(=O)[O-])OC1=C(S(=O)(=O)[O-])C([NH3+])C=CC1=C2C1=CCCCC=C1C(=O)[O-]. The monoisotopic (exact) mass is 506 g/mol. The number of rotatable bonds is 4. The van der Waals surface area contributed by atoms with Crippen LogP contribution in [0.3, 0.4) is 0 Å². The van der Waals surface area contributed by atoms with Gasteiger partial charge in [0, 0.05) is 22.3 Å². The van der Waals surface area contributed by atoms with Gasteiger partial charge in [0.15, 0.2) is 11.5 Å². The van der Waals surface area contributed by atoms with Crippen molar-refractivity contribution in [3.63, 3.8) is 0 Å². The fourth-order valence-electron chi connectivity index (χ4n) is 4.21. The molecule has 13 heteroatoms. The predicted molar refractivity (Wildman–Crippen MR) is 114 cm³/mol. The molecule has 1 aromatic carbocycles. The molecule has 4 rings (SSSR count). The van der Waals surface area contributed by atoms with E-state index in [1.165, 1.54) is 24.3 Å². The first-order valence-corrected chi connectivity index (χ1v) is 12.8. The minimum absolute atomic E-state index is 0.0149. The highest BCUT2D eigenvalue weighted by Gasteiger charge is 2.38. The average Bonchev–Trinajstić information content (AvgIpc) is 2.95. The number of nitrogens with two attached hydrogens (primary N) is 1. The molecule has 1 heterocycles. The second kappa shape index (κ2) is 8.21. The van der Waals surface area contributed by atoms with Crippen LogP contribution in [0.1, 0.15) is 24.8 Å². The van der Waals surface area contributed by atoms with Crippen LogP contribution >= 0.6 is 0 Å². The molecule has 1 atom stereocenters. The number of hydrogen-bond acceptors (Lipinski definition) is 10. The predicted octanol–water partition coefficient (Wildman–Crippen LogP) is -0.957. The molecule has 5 N–H and O–H groups in total. The number of ether oxygens (including phenoxy) is 1. The molecule has 0 amide bonds. The maximum absolute atomic E-state index is 12.1. The molecule has 3 aliphatic rings. The third kappa shape index (κ3) is 3.97. The molecule has 0 aromatic heterocycles. The van der Waals surface area contributed by atoms with Gasteiger partial charge in [-0.2, -0.15) is 0 Å². The molecule has 0 saturated carbocycles. The summed E-state index contributed by atoms with van der Waals surface area (Å²) >= 11 is 0. The molecule has 2 aliphatic carbocycles. The van der Waals surface area contributed by atoms with Crippen molar-refractivity contribution in [2.24, 2.45) is 0 Å². The fraction of sp³-hybridized carbons (Fsp3) is 0.190. The van der Waals surface area contributed by atoms with E-state index in [2.05, 4.69) is 5.73 Å². The maximum Gasteiger partial charge on any atom is 0.155 e. The topological polar surface area (TPSA) is 217 Å². The van der Waals surface area contributed by atoms with Crippen LogP contribution in [0, 0.1) is 0 Å². The molecule has 1 aliphatic heterocycles. The van der Waals surface area contributed by atoms with Crippen molar-refractivity contribution >= 4 is 37.5 Å². The van der Waals surface area contributed by atoms with E-state index in [-0.39, 0.29) is 27.9 Å². The Hall–Kier alpha value is -3.23. The van der Waals surface area contributed by atoms with Gasteiger partial charge in [0.25, 0.3) is 0 Å². The van der Waals surface area contributed by atoms with Gasteiger partial charge in [-0.25, -0.2) is 16.8 Å². The third-order valence-electron chi connectivity index (χ3n) is 5.59. The third-order valence-corrected chi connectivity index (χ3v) is 7.54. The number of allylic oxidation sites excluding steroid dienone is 4. The number of quaternary nitrogens is 1. The lowest BCUT2D eigenvalue weighted by molar-refractivity contribution is -0.389. The number of anilines is 1. The lowest BCUT2D eigenvalue weighted by Gasteiger charge is -2.33. The van der Waals surface area contributed by atoms with Crippen molar-refractivity contribution in [1.29, 1.82) is 0 Å². The molecule has 0 radical (unpaired) electrons. The molecule has 11 nitrogen and oxygen atoms in total. The average molecular weight is 507 g/mol. The Morgan fingerprint density at radius 3 is 2.38 bits per heavy atom. The molecule has 180 valence electrons. The van der Waals surface area contributed by atoms with Gasteiger partial charge in [-0.05, 0) is 49.1 Å². The van der Waals surface area contributed by atoms with Crippen LogP contribution in [-0.2, 0) is 25.0 Å². The summed E-state index contributed by atoms with van der Waals surface area (Å²) < 4.78 is 78.1. The van der Waals surface area contributed by atoms with Gasteiger partial charge in [0.1, 0.15) is 36.1 Å². The number of fused-ring (bicyclic) bond motifs is 2. The van der Waals surface area contributed by atoms with Gasteiger partial charge >= 0.3 is 0 Å². The lowest BCUT2D eigenvalue weighted by Crippen LogP contribution is -2.62. The number of carboxylic acid groups (broad SMARTS) is 1. The Bertz CT molecular complexity index is 1490. The number of carbonyl (C=O) groups is 1. The zero-order valence-electron chi connectivity index (χ0n) is 17.4. The van der Waals surface area contributed by atoms with Gasteiger partial charge in [0.05, 0.1) is 11.7 Å². The van der Waals surface area contributed by atoms with E-state index in [9.17, 15) is 35.8 Å². The highest BCUT2D eigenvalue weighted by atomic mass is 32.2. The molecule has 0 saturated heterocycles. The Labute approximate surface area is 194 Å². The summed E-state index contributed by atoms with van der Waals surface area (Å²) in [6, 6.07) is 1.29. The van der Waals surface area contributed by atoms with Gasteiger partial charge < -0.3 is 35.2 Å². The van der Waals surface area contributed by atoms with Crippen molar-refractivity contribution in [3.05, 3.63) is 69.4 Å². The quantitative estimate of drug-likeness (QED) is 0.376. The summed E-state index contributed by atoms with van der Waals surface area (Å²) in [5.41, 5.74) is 8.83. The van der Waals surface area contributed by atoms with Crippen LogP contribution in [0.5, 0.6) is 5.75 Å². The molecular weight excluding hydrogens is 488 g/mol. The highest BCUT2D eigenvalue weighted by molar-refractivity contribution is 7.89. The van der Waals surface area contributed by atoms with Crippen LogP contribution in [0.4, 0.5) is 5.69 Å². The molecular formula is C21H18N2O9S2-2. The van der Waals surface area contributed by atoms with E-state index in [1.54, 1.807) is 6.08 Å². The van der Waals surface area contributed by atoms with Crippen molar-refractivity contribution in [2.75, 3.05) is 5.73 Å². The highest BCUT2D eigenvalue weighted by Crippen LogP contribution is 2.50. The standard InChI is InChI=1S/C21H20N2O9S2/c22-14-8-6-12-16(10-4-2-1-3-5-11(10)21(24)25)13-7-9-15(23)20(34(29,30)31)18(13)32-17(12)19(14)33(26,27)28/h4-9,14H,1-3,22-23H2,(H,24,25)(H,26,27,28)(H,29,30,31)/p-2. The number of nitrogen functional groups attached to an aromatic ring is 1. The van der Waals surface area contributed by atoms with E-state index in [0.717, 1.165) is 6.07 Å². The first-order chi connectivity index (χ1) is 15.8. The van der Waals surface area contributed by atoms with Crippen LogP contribution in [0.2, 0.25) is 0 Å². The van der Waals surface area contributed by atoms with Crippen molar-refractivity contribution in [3.8, 4) is 5.75 Å².